The number of halogens is 1. The maximum Gasteiger partial charge on any atom is 0.150 e. The predicted octanol–water partition coefficient (Wildman–Crippen LogP) is 4.12. The highest BCUT2D eigenvalue weighted by Crippen LogP contribution is 2.40. The number of nitrogens with zero attached hydrogens (tertiary/aromatic N) is 2. The fourth-order valence-electron chi connectivity index (χ4n) is 4.08. The van der Waals surface area contributed by atoms with E-state index in [9.17, 15) is 0 Å². The van der Waals surface area contributed by atoms with Crippen molar-refractivity contribution in [3.05, 3.63) is 53.2 Å². The van der Waals surface area contributed by atoms with E-state index in [1.165, 1.54) is 12.8 Å². The molecule has 1 aromatic carbocycles. The van der Waals surface area contributed by atoms with Gasteiger partial charge in [-0.25, -0.2) is 0 Å². The molecule has 0 atom stereocenters. The molecule has 2 aromatic rings. The van der Waals surface area contributed by atoms with Crippen LogP contribution < -0.4 is 21.5 Å². The van der Waals surface area contributed by atoms with Crippen molar-refractivity contribution in [1.82, 2.24) is 9.78 Å². The number of hydrogen-bond acceptors (Lipinski definition) is 6. The van der Waals surface area contributed by atoms with Gasteiger partial charge in [-0.1, -0.05) is 36.6 Å². The zero-order valence-corrected chi connectivity index (χ0v) is 18.5. The number of hydrogen-bond donors (Lipinski definition) is 3. The number of benzene rings is 1. The Bertz CT molecular complexity index is 937. The number of aromatic nitrogens is 2. The molecule has 7 nitrogen and oxygen atoms in total. The summed E-state index contributed by atoms with van der Waals surface area (Å²) in [5.74, 6) is 0.685. The summed E-state index contributed by atoms with van der Waals surface area (Å²) in [7, 11) is 3.39. The van der Waals surface area contributed by atoms with E-state index in [0.717, 1.165) is 29.7 Å². The van der Waals surface area contributed by atoms with E-state index >= 15 is 0 Å². The third-order valence-corrected chi connectivity index (χ3v) is 5.63. The lowest BCUT2D eigenvalue weighted by Gasteiger charge is -2.28. The first-order valence-corrected chi connectivity index (χ1v) is 10.4. The molecule has 3 rings (SSSR count). The fraction of sp³-hybridized carbons (Fsp3) is 0.409. The Morgan fingerprint density at radius 2 is 2.03 bits per heavy atom. The molecule has 1 heterocycles. The van der Waals surface area contributed by atoms with Crippen molar-refractivity contribution in [3.63, 3.8) is 0 Å². The molecule has 0 aliphatic heterocycles. The van der Waals surface area contributed by atoms with Gasteiger partial charge in [0.25, 0.3) is 0 Å². The first-order chi connectivity index (χ1) is 14.4. The van der Waals surface area contributed by atoms with Crippen LogP contribution in [0.4, 0.5) is 5.69 Å². The summed E-state index contributed by atoms with van der Waals surface area (Å²) in [5.41, 5.74) is 15.3. The van der Waals surface area contributed by atoms with Gasteiger partial charge in [-0.15, -0.1) is 0 Å². The van der Waals surface area contributed by atoms with Gasteiger partial charge in [-0.2, -0.15) is 5.10 Å². The number of rotatable bonds is 8. The normalized spacial score (nSPS) is 17.0. The monoisotopic (exact) mass is 431 g/mol. The molecule has 1 aliphatic carbocycles. The van der Waals surface area contributed by atoms with Crippen LogP contribution in [0.2, 0.25) is 0 Å². The van der Waals surface area contributed by atoms with Crippen molar-refractivity contribution in [2.45, 2.75) is 38.1 Å². The van der Waals surface area contributed by atoms with Crippen molar-refractivity contribution >= 4 is 17.3 Å². The highest BCUT2D eigenvalue weighted by Gasteiger charge is 2.36. The van der Waals surface area contributed by atoms with Crippen molar-refractivity contribution < 1.29 is 9.47 Å². The molecule has 0 saturated heterocycles. The van der Waals surface area contributed by atoms with Gasteiger partial charge in [0, 0.05) is 30.1 Å². The van der Waals surface area contributed by atoms with Crippen LogP contribution in [0.15, 0.2) is 53.2 Å². The average molecular weight is 432 g/mol. The Kier molecular flexibility index (Phi) is 6.95. The largest absolute Gasteiger partial charge is 0.494 e. The summed E-state index contributed by atoms with van der Waals surface area (Å²) in [6, 6.07) is 5.88. The molecule has 1 saturated carbocycles. The van der Waals surface area contributed by atoms with E-state index in [0.29, 0.717) is 23.8 Å². The van der Waals surface area contributed by atoms with E-state index in [1.807, 2.05) is 24.4 Å². The first-order valence-electron chi connectivity index (χ1n) is 9.98. The third kappa shape index (κ3) is 4.57. The Labute approximate surface area is 182 Å². The highest BCUT2D eigenvalue weighted by atomic mass is 35.5. The molecule has 1 aliphatic rings. The summed E-state index contributed by atoms with van der Waals surface area (Å²) in [4.78, 5) is 0. The molecule has 0 amide bonds. The summed E-state index contributed by atoms with van der Waals surface area (Å²) < 4.78 is 13.3. The van der Waals surface area contributed by atoms with Crippen LogP contribution >= 0.6 is 11.6 Å². The fourth-order valence-corrected chi connectivity index (χ4v) is 4.19. The zero-order chi connectivity index (χ0) is 21.7. The van der Waals surface area contributed by atoms with E-state index in [1.54, 1.807) is 27.2 Å². The lowest BCUT2D eigenvalue weighted by atomic mass is 9.99. The molecule has 0 radical (unpaired) electrons. The van der Waals surface area contributed by atoms with Gasteiger partial charge < -0.3 is 26.3 Å². The molecule has 1 aromatic heterocycles. The maximum absolute atomic E-state index is 5.98. The SMILES string of the molecule is COCC1(n2cc(-c3cccc(N/C(C=C(N)Cl)=C(\C)N)c3OC)cn2)CCCC1. The lowest BCUT2D eigenvalue weighted by Crippen LogP contribution is -2.35. The smallest absolute Gasteiger partial charge is 0.150 e. The minimum absolute atomic E-state index is 0.0780. The Morgan fingerprint density at radius 1 is 1.30 bits per heavy atom. The van der Waals surface area contributed by atoms with Gasteiger partial charge in [-0.3, -0.25) is 4.68 Å². The Morgan fingerprint density at radius 3 is 2.63 bits per heavy atom. The van der Waals surface area contributed by atoms with Crippen molar-refractivity contribution in [3.8, 4) is 16.9 Å². The number of para-hydroxylation sites is 1. The number of nitrogens with two attached hydrogens (primary N) is 2. The number of allylic oxidation sites excluding steroid dienone is 2. The minimum Gasteiger partial charge on any atom is -0.494 e. The zero-order valence-electron chi connectivity index (χ0n) is 17.7. The van der Waals surface area contributed by atoms with Crippen LogP contribution in [-0.2, 0) is 10.3 Å². The predicted molar refractivity (Wildman–Crippen MR) is 121 cm³/mol. The van der Waals surface area contributed by atoms with Crippen LogP contribution in [-0.4, -0.2) is 30.6 Å². The molecule has 0 unspecified atom stereocenters. The topological polar surface area (TPSA) is 100 Å². The summed E-state index contributed by atoms with van der Waals surface area (Å²) in [5, 5.41) is 8.10. The lowest BCUT2D eigenvalue weighted by molar-refractivity contribution is 0.0809. The van der Waals surface area contributed by atoms with E-state index in [4.69, 9.17) is 32.5 Å². The Hall–Kier alpha value is -2.64. The molecule has 5 N–H and O–H groups in total. The standard InChI is InChI=1S/C22H30ClN5O2/c1-15(24)19(11-20(23)25)27-18-8-6-7-17(21(18)30-3)16-12-26-28(13-16)22(14-29-2)9-4-5-10-22/h6-8,11-13,27H,4-5,9-10,14,24-25H2,1-3H3/b19-15+,20-11?. The van der Waals surface area contributed by atoms with Gasteiger partial charge in [0.2, 0.25) is 0 Å². The number of nitrogens with one attached hydrogen (secondary N) is 1. The van der Waals surface area contributed by atoms with E-state index < -0.39 is 0 Å². The van der Waals surface area contributed by atoms with Gasteiger partial charge in [0.05, 0.1) is 36.8 Å². The minimum atomic E-state index is -0.0780. The Balaban J connectivity index is 1.98. The second-order valence-electron chi connectivity index (χ2n) is 7.68. The molecule has 0 bridgehead atoms. The van der Waals surface area contributed by atoms with Crippen LogP contribution in [0.25, 0.3) is 11.1 Å². The van der Waals surface area contributed by atoms with E-state index in [2.05, 4.69) is 21.3 Å². The number of methoxy groups -OCH3 is 2. The third-order valence-electron chi connectivity index (χ3n) is 5.52. The van der Waals surface area contributed by atoms with Gasteiger partial charge >= 0.3 is 0 Å². The van der Waals surface area contributed by atoms with E-state index in [-0.39, 0.29) is 10.7 Å². The molecule has 162 valence electrons. The van der Waals surface area contributed by atoms with Crippen LogP contribution in [0.1, 0.15) is 32.6 Å². The molecule has 30 heavy (non-hydrogen) atoms. The van der Waals surface area contributed by atoms with Crippen molar-refractivity contribution in [2.24, 2.45) is 11.5 Å². The van der Waals surface area contributed by atoms with Crippen molar-refractivity contribution in [1.29, 1.82) is 0 Å². The molecule has 0 spiro atoms. The number of anilines is 1. The maximum atomic E-state index is 5.98. The summed E-state index contributed by atoms with van der Waals surface area (Å²) in [6.07, 6.45) is 10.0. The van der Waals surface area contributed by atoms with Crippen LogP contribution in [0.3, 0.4) is 0 Å². The first kappa shape index (κ1) is 22.1. The van der Waals surface area contributed by atoms with Gasteiger partial charge in [0.1, 0.15) is 10.9 Å². The summed E-state index contributed by atoms with van der Waals surface area (Å²) in [6.45, 7) is 2.43. The number of ether oxygens (including phenoxy) is 2. The quantitative estimate of drug-likeness (QED) is 0.429. The van der Waals surface area contributed by atoms with Gasteiger partial charge in [0.15, 0.2) is 0 Å². The molecule has 8 heteroatoms. The van der Waals surface area contributed by atoms with Gasteiger partial charge in [-0.05, 0) is 31.9 Å². The molecular weight excluding hydrogens is 402 g/mol. The molecule has 1 fully saturated rings. The second kappa shape index (κ2) is 9.45. The summed E-state index contributed by atoms with van der Waals surface area (Å²) >= 11 is 5.84. The average Bonchev–Trinajstić information content (AvgIpc) is 3.37. The van der Waals surface area contributed by atoms with Crippen LogP contribution in [0.5, 0.6) is 5.75 Å². The van der Waals surface area contributed by atoms with Crippen molar-refractivity contribution in [2.75, 3.05) is 26.1 Å². The molecular formula is C22H30ClN5O2. The highest BCUT2D eigenvalue weighted by molar-refractivity contribution is 6.29. The second-order valence-corrected chi connectivity index (χ2v) is 8.11. The van der Waals surface area contributed by atoms with Crippen LogP contribution in [0, 0.1) is 0 Å².